The lowest BCUT2D eigenvalue weighted by Crippen LogP contribution is -2.07. The second-order valence-corrected chi connectivity index (χ2v) is 5.64. The smallest absolute Gasteiger partial charge is 0.161 e. The summed E-state index contributed by atoms with van der Waals surface area (Å²) in [7, 11) is 1.61. The molecule has 122 valence electrons. The molecule has 3 aromatic rings. The van der Waals surface area contributed by atoms with Gasteiger partial charge >= 0.3 is 0 Å². The van der Waals surface area contributed by atoms with Crippen molar-refractivity contribution in [3.63, 3.8) is 0 Å². The van der Waals surface area contributed by atoms with E-state index in [0.717, 1.165) is 16.9 Å². The van der Waals surface area contributed by atoms with Gasteiger partial charge in [-0.1, -0.05) is 12.1 Å². The Bertz CT molecular complexity index is 922. The average Bonchev–Trinajstić information content (AvgIpc) is 2.91. The number of para-hydroxylation sites is 2. The van der Waals surface area contributed by atoms with Crippen LogP contribution < -0.4 is 9.47 Å². The number of nitrogens with zero attached hydrogens (tertiary/aromatic N) is 3. The molecular weight excluding hydrogens is 302 g/mol. The molecule has 0 fully saturated rings. The molecule has 0 N–H and O–H groups in total. The Morgan fingerprint density at radius 1 is 1.12 bits per heavy atom. The molecule has 3 rings (SSSR count). The van der Waals surface area contributed by atoms with Crippen LogP contribution in [0.15, 0.2) is 36.4 Å². The number of ether oxygens (including phenoxy) is 2. The van der Waals surface area contributed by atoms with E-state index in [9.17, 15) is 0 Å². The minimum atomic E-state index is 0.240. The van der Waals surface area contributed by atoms with Gasteiger partial charge in [-0.25, -0.2) is 4.98 Å². The third-order valence-electron chi connectivity index (χ3n) is 4.10. The first kappa shape index (κ1) is 15.9. The zero-order chi connectivity index (χ0) is 17.1. The largest absolute Gasteiger partial charge is 0.493 e. The SMILES string of the molecule is COc1ccccc1OCc1nc2cc(C)c(C)cc2n1CC#N. The van der Waals surface area contributed by atoms with E-state index in [2.05, 4.69) is 31.0 Å². The lowest BCUT2D eigenvalue weighted by atomic mass is 10.1. The lowest BCUT2D eigenvalue weighted by molar-refractivity contribution is 0.273. The van der Waals surface area contributed by atoms with Crippen molar-refractivity contribution >= 4 is 11.0 Å². The van der Waals surface area contributed by atoms with E-state index < -0.39 is 0 Å². The molecule has 5 nitrogen and oxygen atoms in total. The van der Waals surface area contributed by atoms with Crippen LogP contribution in [-0.2, 0) is 13.2 Å². The van der Waals surface area contributed by atoms with Gasteiger partial charge in [-0.15, -0.1) is 0 Å². The minimum absolute atomic E-state index is 0.240. The summed E-state index contributed by atoms with van der Waals surface area (Å²) in [6.45, 7) is 4.63. The molecule has 0 aliphatic carbocycles. The molecule has 0 radical (unpaired) electrons. The van der Waals surface area contributed by atoms with E-state index in [4.69, 9.17) is 14.7 Å². The van der Waals surface area contributed by atoms with Crippen LogP contribution >= 0.6 is 0 Å². The number of fused-ring (bicyclic) bond motifs is 1. The summed E-state index contributed by atoms with van der Waals surface area (Å²) in [5.41, 5.74) is 4.20. The zero-order valence-corrected chi connectivity index (χ0v) is 14.0. The molecule has 0 spiro atoms. The van der Waals surface area contributed by atoms with Crippen molar-refractivity contribution in [3.8, 4) is 17.6 Å². The van der Waals surface area contributed by atoms with Crippen LogP contribution in [0.1, 0.15) is 17.0 Å². The quantitative estimate of drug-likeness (QED) is 0.718. The average molecular weight is 321 g/mol. The number of hydrogen-bond acceptors (Lipinski definition) is 4. The predicted molar refractivity (Wildman–Crippen MR) is 92.1 cm³/mol. The van der Waals surface area contributed by atoms with Crippen LogP contribution in [0.4, 0.5) is 0 Å². The van der Waals surface area contributed by atoms with Gasteiger partial charge in [0.1, 0.15) is 19.0 Å². The van der Waals surface area contributed by atoms with Crippen LogP contribution in [0.2, 0.25) is 0 Å². The van der Waals surface area contributed by atoms with Gasteiger partial charge in [-0.3, -0.25) is 0 Å². The van der Waals surface area contributed by atoms with E-state index in [1.165, 1.54) is 11.1 Å². The Balaban J connectivity index is 1.96. The van der Waals surface area contributed by atoms with Gasteiger partial charge < -0.3 is 14.0 Å². The predicted octanol–water partition coefficient (Wildman–Crippen LogP) is 3.76. The summed E-state index contributed by atoms with van der Waals surface area (Å²) in [4.78, 5) is 4.65. The van der Waals surface area contributed by atoms with Gasteiger partial charge in [0.15, 0.2) is 11.5 Å². The number of aromatic nitrogens is 2. The van der Waals surface area contributed by atoms with E-state index >= 15 is 0 Å². The number of methoxy groups -OCH3 is 1. The Kier molecular flexibility index (Phi) is 4.39. The van der Waals surface area contributed by atoms with Crippen molar-refractivity contribution in [2.24, 2.45) is 0 Å². The Labute approximate surface area is 141 Å². The summed E-state index contributed by atoms with van der Waals surface area (Å²) in [5, 5.41) is 9.15. The van der Waals surface area contributed by atoms with Crippen LogP contribution in [-0.4, -0.2) is 16.7 Å². The first-order chi connectivity index (χ1) is 11.6. The van der Waals surface area contributed by atoms with Gasteiger partial charge in [0, 0.05) is 0 Å². The van der Waals surface area contributed by atoms with Gasteiger partial charge in [0.2, 0.25) is 0 Å². The van der Waals surface area contributed by atoms with E-state index in [0.29, 0.717) is 11.5 Å². The summed E-state index contributed by atoms with van der Waals surface area (Å²) < 4.78 is 13.1. The van der Waals surface area contributed by atoms with Gasteiger partial charge in [-0.2, -0.15) is 5.26 Å². The maximum Gasteiger partial charge on any atom is 0.161 e. The van der Waals surface area contributed by atoms with Crippen LogP contribution in [0.3, 0.4) is 0 Å². The molecule has 0 saturated carbocycles. The zero-order valence-electron chi connectivity index (χ0n) is 14.0. The fourth-order valence-electron chi connectivity index (χ4n) is 2.67. The van der Waals surface area contributed by atoms with Crippen molar-refractivity contribution in [1.29, 1.82) is 5.26 Å². The molecule has 2 aromatic carbocycles. The van der Waals surface area contributed by atoms with Gasteiger partial charge in [0.05, 0.1) is 24.2 Å². The molecule has 0 atom stereocenters. The molecule has 0 amide bonds. The Hall–Kier alpha value is -3.00. The molecule has 0 aliphatic rings. The summed E-state index contributed by atoms with van der Waals surface area (Å²) in [6.07, 6.45) is 0. The number of hydrogen-bond donors (Lipinski definition) is 0. The molecule has 5 heteroatoms. The summed E-state index contributed by atoms with van der Waals surface area (Å²) >= 11 is 0. The fourth-order valence-corrected chi connectivity index (χ4v) is 2.67. The van der Waals surface area contributed by atoms with Crippen LogP contribution in [0.5, 0.6) is 11.5 Å². The maximum absolute atomic E-state index is 9.15. The van der Waals surface area contributed by atoms with Crippen LogP contribution in [0, 0.1) is 25.2 Å². The highest BCUT2D eigenvalue weighted by Crippen LogP contribution is 2.27. The lowest BCUT2D eigenvalue weighted by Gasteiger charge is -2.10. The maximum atomic E-state index is 9.15. The van der Waals surface area contributed by atoms with Crippen molar-refractivity contribution in [1.82, 2.24) is 9.55 Å². The molecule has 0 bridgehead atoms. The molecule has 1 heterocycles. The Morgan fingerprint density at radius 2 is 1.83 bits per heavy atom. The normalized spacial score (nSPS) is 10.6. The second-order valence-electron chi connectivity index (χ2n) is 5.64. The van der Waals surface area contributed by atoms with E-state index in [1.54, 1.807) is 7.11 Å². The Morgan fingerprint density at radius 3 is 2.54 bits per heavy atom. The monoisotopic (exact) mass is 321 g/mol. The first-order valence-corrected chi connectivity index (χ1v) is 7.73. The topological polar surface area (TPSA) is 60.1 Å². The number of aryl methyl sites for hydroxylation is 2. The highest BCUT2D eigenvalue weighted by atomic mass is 16.5. The third kappa shape index (κ3) is 2.91. The number of benzene rings is 2. The summed E-state index contributed by atoms with van der Waals surface area (Å²) in [6, 6.07) is 13.8. The second kappa shape index (κ2) is 6.63. The number of nitriles is 1. The molecule has 0 aliphatic heterocycles. The van der Waals surface area contributed by atoms with Crippen molar-refractivity contribution in [3.05, 3.63) is 53.3 Å². The van der Waals surface area contributed by atoms with E-state index in [-0.39, 0.29) is 13.2 Å². The minimum Gasteiger partial charge on any atom is -0.493 e. The molecule has 0 saturated heterocycles. The molecular formula is C19H19N3O2. The third-order valence-corrected chi connectivity index (χ3v) is 4.10. The van der Waals surface area contributed by atoms with Gasteiger partial charge in [0.25, 0.3) is 0 Å². The van der Waals surface area contributed by atoms with Gasteiger partial charge in [-0.05, 0) is 49.2 Å². The molecule has 1 aromatic heterocycles. The van der Waals surface area contributed by atoms with Crippen LogP contribution in [0.25, 0.3) is 11.0 Å². The molecule has 24 heavy (non-hydrogen) atoms. The first-order valence-electron chi connectivity index (χ1n) is 7.73. The standard InChI is InChI=1S/C19H19N3O2/c1-13-10-15-16(11-14(13)2)22(9-8-20)19(21-15)12-24-18-7-5-4-6-17(18)23-3/h4-7,10-11H,9,12H2,1-3H3. The van der Waals surface area contributed by atoms with Crippen molar-refractivity contribution in [2.75, 3.05) is 7.11 Å². The number of rotatable bonds is 5. The highest BCUT2D eigenvalue weighted by molar-refractivity contribution is 5.78. The highest BCUT2D eigenvalue weighted by Gasteiger charge is 2.13. The fraction of sp³-hybridized carbons (Fsp3) is 0.263. The van der Waals surface area contributed by atoms with Crippen molar-refractivity contribution < 1.29 is 9.47 Å². The summed E-state index contributed by atoms with van der Waals surface area (Å²) in [5.74, 6) is 2.05. The number of imidazole rings is 1. The van der Waals surface area contributed by atoms with E-state index in [1.807, 2.05) is 34.9 Å². The van der Waals surface area contributed by atoms with Crippen molar-refractivity contribution in [2.45, 2.75) is 27.0 Å². The molecule has 0 unspecified atom stereocenters.